The average Bonchev–Trinajstić information content (AvgIpc) is 1.54. The molecule has 0 amide bonds. The minimum atomic E-state index is -0.239. The van der Waals surface area contributed by atoms with E-state index in [2.05, 4.69) is 362 Å². The largest absolute Gasteiger partial charge is 0.311 e. The number of hydrogen-bond acceptors (Lipinski definition) is 2. The van der Waals surface area contributed by atoms with Gasteiger partial charge < -0.3 is 23.5 Å². The fourth-order valence-electron chi connectivity index (χ4n) is 18.0. The molecule has 0 radical (unpaired) electrons. The summed E-state index contributed by atoms with van der Waals surface area (Å²) < 4.78 is 8.34. The molecule has 99 heavy (non-hydrogen) atoms. The van der Waals surface area contributed by atoms with Gasteiger partial charge in [0.25, 0.3) is 13.4 Å². The smallest absolute Gasteiger partial charge is 0.252 e. The van der Waals surface area contributed by atoms with Crippen molar-refractivity contribution in [2.75, 3.05) is 9.80 Å². The molecule has 0 saturated heterocycles. The summed E-state index contributed by atoms with van der Waals surface area (Å²) in [6.07, 6.45) is 0. The zero-order valence-electron chi connectivity index (χ0n) is 56.2. The number of nitrogens with zero attached hydrogens (tertiary/aromatic N) is 5. The van der Waals surface area contributed by atoms with E-state index in [0.29, 0.717) is 0 Å². The van der Waals surface area contributed by atoms with E-state index < -0.39 is 0 Å². The van der Waals surface area contributed by atoms with Crippen molar-refractivity contribution in [3.8, 4) is 50.4 Å². The molecule has 4 aliphatic heterocycles. The van der Waals surface area contributed by atoms with Gasteiger partial charge in [-0.05, 0) is 192 Å². The van der Waals surface area contributed by atoms with E-state index in [1.54, 1.807) is 0 Å². The molecule has 3 aromatic heterocycles. The summed E-state index contributed by atoms with van der Waals surface area (Å²) in [7, 11) is 0. The summed E-state index contributed by atoms with van der Waals surface area (Å²) >= 11 is 0. The monoisotopic (exact) mass is 1260 g/mol. The molecule has 7 heterocycles. The quantitative estimate of drug-likeness (QED) is 0.134. The normalized spacial score (nSPS) is 13.1. The van der Waals surface area contributed by atoms with Crippen molar-refractivity contribution in [1.29, 1.82) is 0 Å². The van der Waals surface area contributed by atoms with Gasteiger partial charge in [-0.3, -0.25) is 0 Å². The topological polar surface area (TPSA) is 21.3 Å². The van der Waals surface area contributed by atoms with Crippen LogP contribution in [0, 0.1) is 0 Å². The van der Waals surface area contributed by atoms with Crippen LogP contribution in [-0.4, -0.2) is 27.1 Å². The summed E-state index contributed by atoms with van der Waals surface area (Å²) in [4.78, 5) is 5.00. The molecule has 0 saturated carbocycles. The number of fused-ring (bicyclic) bond motifs is 13. The molecule has 0 bridgehead atoms. The zero-order chi connectivity index (χ0) is 65.9. The number of rotatable bonds is 9. The van der Waals surface area contributed by atoms with E-state index >= 15 is 0 Å². The predicted octanol–water partition coefficient (Wildman–Crippen LogP) is 19.8. The van der Waals surface area contributed by atoms with Crippen LogP contribution in [0.25, 0.3) is 116 Å². The Morgan fingerprint density at radius 1 is 0.253 bits per heavy atom. The molecule has 0 spiro atoms. The van der Waals surface area contributed by atoms with Crippen LogP contribution in [0.2, 0.25) is 0 Å². The first-order valence-electron chi connectivity index (χ1n) is 35.1. The van der Waals surface area contributed by atoms with Crippen LogP contribution in [0.15, 0.2) is 297 Å². The van der Waals surface area contributed by atoms with Gasteiger partial charge in [0.15, 0.2) is 0 Å². The molecule has 14 aromatic carbocycles. The molecule has 0 atom stereocenters. The van der Waals surface area contributed by atoms with Gasteiger partial charge >= 0.3 is 0 Å². The summed E-state index contributed by atoms with van der Waals surface area (Å²) in [6, 6.07) is 113. The summed E-state index contributed by atoms with van der Waals surface area (Å²) in [6.45, 7) is 13.9. The highest BCUT2D eigenvalue weighted by molar-refractivity contribution is 7.04. The minimum absolute atomic E-state index is 0.0874. The predicted molar refractivity (Wildman–Crippen MR) is 422 cm³/mol. The van der Waals surface area contributed by atoms with Crippen LogP contribution in [-0.2, 0) is 10.8 Å². The summed E-state index contributed by atoms with van der Waals surface area (Å²) in [5.74, 6) is 0. The highest BCUT2D eigenvalue weighted by atomic mass is 15.2. The van der Waals surface area contributed by atoms with E-state index in [1.807, 2.05) is 0 Å². The Balaban J connectivity index is 1.03. The van der Waals surface area contributed by atoms with E-state index in [1.165, 1.54) is 160 Å². The lowest BCUT2D eigenvalue weighted by atomic mass is 9.29. The van der Waals surface area contributed by atoms with E-state index in [0.717, 1.165) is 34.1 Å². The number of anilines is 6. The van der Waals surface area contributed by atoms with Gasteiger partial charge in [0.05, 0.1) is 22.4 Å². The first-order valence-corrected chi connectivity index (χ1v) is 35.1. The Bertz CT molecular complexity index is 6200. The lowest BCUT2D eigenvalue weighted by Gasteiger charge is -2.43. The van der Waals surface area contributed by atoms with Gasteiger partial charge in [0, 0.05) is 99.8 Å². The number of aromatic nitrogens is 3. The molecule has 466 valence electrons. The Morgan fingerprint density at radius 2 is 0.606 bits per heavy atom. The van der Waals surface area contributed by atoms with Gasteiger partial charge in [-0.1, -0.05) is 230 Å². The Hall–Kier alpha value is -11.8. The lowest BCUT2D eigenvalue weighted by molar-refractivity contribution is 0.590. The van der Waals surface area contributed by atoms with Gasteiger partial charge in [0.1, 0.15) is 0 Å². The zero-order valence-corrected chi connectivity index (χ0v) is 56.2. The van der Waals surface area contributed by atoms with E-state index in [-0.39, 0.29) is 24.3 Å². The minimum Gasteiger partial charge on any atom is -0.311 e. The molecule has 0 unspecified atom stereocenters. The Kier molecular flexibility index (Phi) is 11.6. The molecule has 0 aliphatic carbocycles. The van der Waals surface area contributed by atoms with Gasteiger partial charge in [-0.25, -0.2) is 0 Å². The second kappa shape index (κ2) is 20.4. The molecule has 0 N–H and O–H groups in total. The van der Waals surface area contributed by atoms with Crippen LogP contribution in [0.4, 0.5) is 34.1 Å². The molecule has 7 heteroatoms. The first-order chi connectivity index (χ1) is 48.4. The van der Waals surface area contributed by atoms with Crippen LogP contribution in [0.5, 0.6) is 0 Å². The lowest BCUT2D eigenvalue weighted by Crippen LogP contribution is -2.67. The number of hydrogen-bond donors (Lipinski definition) is 0. The fourth-order valence-corrected chi connectivity index (χ4v) is 18.0. The van der Waals surface area contributed by atoms with Crippen molar-refractivity contribution in [1.82, 2.24) is 13.7 Å². The van der Waals surface area contributed by atoms with Crippen LogP contribution >= 0.6 is 0 Å². The molecular weight excluding hydrogens is 1200 g/mol. The van der Waals surface area contributed by atoms with Gasteiger partial charge in [-0.2, -0.15) is 0 Å². The van der Waals surface area contributed by atoms with Crippen molar-refractivity contribution in [3.05, 3.63) is 308 Å². The third-order valence-electron chi connectivity index (χ3n) is 22.3. The standard InChI is InChI=1S/C92H67B2N5/c1-91(2,3)61-43-45-80-70(49-61)72-50-62(92(4,5)6)51-76-85(72)98(80)89-81(58-32-18-9-19-33-58)88-82-90-83(89)94(76)78-55-68(96(65-38-24-12-25-39-65)66-40-26-13-27-41-66)53-74-73-52-67(95(63-34-20-10-21-35-63)64-36-22-11-23-37-64)54-77(86(73)99(90)87(74)78)93(82)75-48-60(57-30-16-8-17-31-57)47-71-69-46-59(56-28-14-7-15-29-56)42-44-79(69)97(88)84(71)75/h7-55H,1-6H3. The summed E-state index contributed by atoms with van der Waals surface area (Å²) in [5, 5.41) is 7.54. The molecule has 5 nitrogen and oxygen atoms in total. The second-order valence-electron chi connectivity index (χ2n) is 30.0. The molecule has 21 rings (SSSR count). The molecule has 4 aliphatic rings. The molecule has 17 aromatic rings. The summed E-state index contributed by atoms with van der Waals surface area (Å²) in [5.41, 5.74) is 35.5. The molecular formula is C92H67B2N5. The van der Waals surface area contributed by atoms with Crippen molar-refractivity contribution >= 4 is 146 Å². The van der Waals surface area contributed by atoms with E-state index in [9.17, 15) is 0 Å². The highest BCUT2D eigenvalue weighted by Crippen LogP contribution is 2.52. The van der Waals surface area contributed by atoms with Crippen molar-refractivity contribution < 1.29 is 0 Å². The van der Waals surface area contributed by atoms with Gasteiger partial charge in [0.2, 0.25) is 0 Å². The first kappa shape index (κ1) is 56.4. The third kappa shape index (κ3) is 7.90. The fraction of sp³-hybridized carbons (Fsp3) is 0.0870. The van der Waals surface area contributed by atoms with Crippen molar-refractivity contribution in [2.45, 2.75) is 52.4 Å². The van der Waals surface area contributed by atoms with Crippen molar-refractivity contribution in [3.63, 3.8) is 0 Å². The third-order valence-corrected chi connectivity index (χ3v) is 22.3. The maximum Gasteiger partial charge on any atom is 0.252 e. The number of benzene rings is 14. The Labute approximate surface area is 576 Å². The maximum absolute atomic E-state index is 2.81. The van der Waals surface area contributed by atoms with E-state index in [4.69, 9.17) is 0 Å². The Morgan fingerprint density at radius 3 is 1.07 bits per heavy atom. The second-order valence-corrected chi connectivity index (χ2v) is 30.0. The SMILES string of the molecule is CC(C)(C)c1ccc2c(c1)c1cc(C(C)(C)C)cc3c1n2-c1c2c4c5c(c1-c1ccccc1)-n1c6ccc(-c7ccccc7)cc6c6cc(-c7ccccc7)cc(c61)B5c1cc(N(c5ccccc5)c5ccccc5)cc5c6cc(N(c7ccccc7)c7ccccc7)cc(c6n-4c15)B23. The van der Waals surface area contributed by atoms with Crippen LogP contribution in [0.1, 0.15) is 52.7 Å². The van der Waals surface area contributed by atoms with Crippen LogP contribution < -0.4 is 42.6 Å². The van der Waals surface area contributed by atoms with Crippen molar-refractivity contribution in [2.24, 2.45) is 0 Å². The maximum atomic E-state index is 2.81. The number of para-hydroxylation sites is 4. The molecule has 0 fully saturated rings. The van der Waals surface area contributed by atoms with Crippen LogP contribution in [0.3, 0.4) is 0 Å². The average molecular weight is 1260 g/mol. The highest BCUT2D eigenvalue weighted by Gasteiger charge is 2.52. The van der Waals surface area contributed by atoms with Gasteiger partial charge in [-0.15, -0.1) is 0 Å².